The highest BCUT2D eigenvalue weighted by atomic mass is 14.9. The Morgan fingerprint density at radius 1 is 1.16 bits per heavy atom. The molecule has 0 heterocycles. The van der Waals surface area contributed by atoms with Crippen LogP contribution in [0, 0.1) is 12.8 Å². The van der Waals surface area contributed by atoms with Crippen LogP contribution in [-0.4, -0.2) is 12.1 Å². The summed E-state index contributed by atoms with van der Waals surface area (Å²) in [5, 5.41) is 3.71. The van der Waals surface area contributed by atoms with Crippen molar-refractivity contribution in [3.8, 4) is 0 Å². The predicted octanol–water partition coefficient (Wildman–Crippen LogP) is 4.66. The molecule has 0 saturated heterocycles. The molecule has 1 aromatic carbocycles. The zero-order chi connectivity index (χ0) is 13.9. The molecule has 0 bridgehead atoms. The van der Waals surface area contributed by atoms with E-state index in [9.17, 15) is 0 Å². The predicted molar refractivity (Wildman–Crippen MR) is 83.6 cm³/mol. The Morgan fingerprint density at radius 2 is 1.89 bits per heavy atom. The van der Waals surface area contributed by atoms with E-state index >= 15 is 0 Å². The molecule has 0 aliphatic heterocycles. The Hall–Kier alpha value is -0.820. The first-order chi connectivity index (χ1) is 8.96. The third kappa shape index (κ3) is 4.35. The van der Waals surface area contributed by atoms with Crippen molar-refractivity contribution >= 4 is 0 Å². The van der Waals surface area contributed by atoms with Crippen LogP contribution in [0.1, 0.15) is 63.5 Å². The van der Waals surface area contributed by atoms with Crippen molar-refractivity contribution in [2.45, 2.75) is 64.8 Å². The molecule has 2 unspecified atom stereocenters. The van der Waals surface area contributed by atoms with Gasteiger partial charge in [0.15, 0.2) is 0 Å². The summed E-state index contributed by atoms with van der Waals surface area (Å²) < 4.78 is 0. The number of benzene rings is 1. The molecular formula is C18H29N. The van der Waals surface area contributed by atoms with E-state index in [0.717, 1.165) is 18.4 Å². The van der Waals surface area contributed by atoms with Crippen molar-refractivity contribution in [2.24, 2.45) is 5.92 Å². The van der Waals surface area contributed by atoms with Crippen molar-refractivity contribution < 1.29 is 0 Å². The number of hydrogen-bond acceptors (Lipinski definition) is 1. The second kappa shape index (κ2) is 6.09. The maximum atomic E-state index is 3.71. The van der Waals surface area contributed by atoms with Crippen LogP contribution in [0.5, 0.6) is 0 Å². The molecule has 1 N–H and O–H groups in total. The zero-order valence-corrected chi connectivity index (χ0v) is 13.0. The van der Waals surface area contributed by atoms with Gasteiger partial charge >= 0.3 is 0 Å². The fraction of sp³-hybridized carbons (Fsp3) is 0.667. The molecule has 1 aromatic rings. The first kappa shape index (κ1) is 14.6. The monoisotopic (exact) mass is 259 g/mol. The number of aryl methyl sites for hydroxylation is 1. The fourth-order valence-electron chi connectivity index (χ4n) is 3.23. The summed E-state index contributed by atoms with van der Waals surface area (Å²) in [5.74, 6) is 1.55. The smallest absolute Gasteiger partial charge is 0.00966 e. The Morgan fingerprint density at radius 3 is 2.58 bits per heavy atom. The second-order valence-corrected chi connectivity index (χ2v) is 7.20. The van der Waals surface area contributed by atoms with Crippen LogP contribution in [0.15, 0.2) is 24.3 Å². The van der Waals surface area contributed by atoms with E-state index in [-0.39, 0.29) is 5.54 Å². The molecule has 1 heteroatoms. The summed E-state index contributed by atoms with van der Waals surface area (Å²) in [6.45, 7) is 10.1. The molecule has 2 rings (SSSR count). The normalized spacial score (nSPS) is 24.4. The van der Waals surface area contributed by atoms with Gasteiger partial charge in [-0.1, -0.05) is 42.7 Å². The largest absolute Gasteiger partial charge is 0.312 e. The standard InChI is InChI=1S/C18H29N/c1-14-8-7-10-15(12-14)17-11-6-5-9-16(17)13-19-18(2,3)4/h7-8,10,12,16-17,19H,5-6,9,11,13H2,1-4H3. The van der Waals surface area contributed by atoms with Crippen LogP contribution in [-0.2, 0) is 0 Å². The third-order valence-corrected chi connectivity index (χ3v) is 4.27. The van der Waals surface area contributed by atoms with Gasteiger partial charge in [0.1, 0.15) is 0 Å². The van der Waals surface area contributed by atoms with E-state index in [1.807, 2.05) is 0 Å². The van der Waals surface area contributed by atoms with E-state index in [0.29, 0.717) is 0 Å². The summed E-state index contributed by atoms with van der Waals surface area (Å²) in [4.78, 5) is 0. The van der Waals surface area contributed by atoms with Crippen molar-refractivity contribution in [2.75, 3.05) is 6.54 Å². The van der Waals surface area contributed by atoms with Crippen molar-refractivity contribution in [1.82, 2.24) is 5.32 Å². The van der Waals surface area contributed by atoms with Crippen LogP contribution >= 0.6 is 0 Å². The molecule has 0 spiro atoms. The molecule has 1 aliphatic rings. The zero-order valence-electron chi connectivity index (χ0n) is 13.0. The topological polar surface area (TPSA) is 12.0 Å². The van der Waals surface area contributed by atoms with Crippen molar-refractivity contribution in [1.29, 1.82) is 0 Å². The molecular weight excluding hydrogens is 230 g/mol. The first-order valence-corrected chi connectivity index (χ1v) is 7.77. The highest BCUT2D eigenvalue weighted by molar-refractivity contribution is 5.26. The lowest BCUT2D eigenvalue weighted by molar-refractivity contribution is 0.269. The van der Waals surface area contributed by atoms with Gasteiger partial charge in [-0.3, -0.25) is 0 Å². The molecule has 106 valence electrons. The molecule has 1 fully saturated rings. The van der Waals surface area contributed by atoms with Crippen LogP contribution < -0.4 is 5.32 Å². The molecule has 1 aliphatic carbocycles. The quantitative estimate of drug-likeness (QED) is 0.832. The Labute approximate surface area is 118 Å². The van der Waals surface area contributed by atoms with Crippen molar-refractivity contribution in [3.05, 3.63) is 35.4 Å². The van der Waals surface area contributed by atoms with E-state index in [4.69, 9.17) is 0 Å². The average molecular weight is 259 g/mol. The first-order valence-electron chi connectivity index (χ1n) is 7.77. The van der Waals surface area contributed by atoms with Gasteiger partial charge in [0, 0.05) is 5.54 Å². The van der Waals surface area contributed by atoms with Gasteiger partial charge in [0.2, 0.25) is 0 Å². The fourth-order valence-corrected chi connectivity index (χ4v) is 3.23. The maximum Gasteiger partial charge on any atom is 0.00966 e. The minimum absolute atomic E-state index is 0.231. The minimum atomic E-state index is 0.231. The van der Waals surface area contributed by atoms with Gasteiger partial charge in [-0.05, 0) is 64.5 Å². The lowest BCUT2D eigenvalue weighted by atomic mass is 9.75. The van der Waals surface area contributed by atoms with Gasteiger partial charge < -0.3 is 5.32 Å². The molecule has 2 atom stereocenters. The van der Waals surface area contributed by atoms with Gasteiger partial charge in [-0.25, -0.2) is 0 Å². The summed E-state index contributed by atoms with van der Waals surface area (Å²) >= 11 is 0. The van der Waals surface area contributed by atoms with Gasteiger partial charge in [0.25, 0.3) is 0 Å². The Bertz CT molecular complexity index is 402. The summed E-state index contributed by atoms with van der Waals surface area (Å²) in [7, 11) is 0. The minimum Gasteiger partial charge on any atom is -0.312 e. The summed E-state index contributed by atoms with van der Waals surface area (Å²) in [6.07, 6.45) is 5.53. The molecule has 0 aromatic heterocycles. The molecule has 0 amide bonds. The van der Waals surface area contributed by atoms with Crippen LogP contribution in [0.2, 0.25) is 0 Å². The lowest BCUT2D eigenvalue weighted by Crippen LogP contribution is -2.41. The van der Waals surface area contributed by atoms with Crippen LogP contribution in [0.3, 0.4) is 0 Å². The van der Waals surface area contributed by atoms with E-state index in [2.05, 4.69) is 57.3 Å². The van der Waals surface area contributed by atoms with E-state index < -0.39 is 0 Å². The third-order valence-electron chi connectivity index (χ3n) is 4.27. The summed E-state index contributed by atoms with van der Waals surface area (Å²) in [5.41, 5.74) is 3.18. The molecule has 1 nitrogen and oxygen atoms in total. The van der Waals surface area contributed by atoms with Gasteiger partial charge in [-0.2, -0.15) is 0 Å². The SMILES string of the molecule is Cc1cccc(C2CCCCC2CNC(C)(C)C)c1. The second-order valence-electron chi connectivity index (χ2n) is 7.20. The number of rotatable bonds is 3. The van der Waals surface area contributed by atoms with Crippen molar-refractivity contribution in [3.63, 3.8) is 0 Å². The Kier molecular flexibility index (Phi) is 4.67. The van der Waals surface area contributed by atoms with E-state index in [1.165, 1.54) is 31.2 Å². The lowest BCUT2D eigenvalue weighted by Gasteiger charge is -2.34. The molecule has 0 radical (unpaired) electrons. The maximum absolute atomic E-state index is 3.71. The van der Waals surface area contributed by atoms with Gasteiger partial charge in [0.05, 0.1) is 0 Å². The van der Waals surface area contributed by atoms with Crippen LogP contribution in [0.4, 0.5) is 0 Å². The number of hydrogen-bond donors (Lipinski definition) is 1. The summed E-state index contributed by atoms with van der Waals surface area (Å²) in [6, 6.07) is 9.13. The van der Waals surface area contributed by atoms with Gasteiger partial charge in [-0.15, -0.1) is 0 Å². The average Bonchev–Trinajstić information content (AvgIpc) is 2.36. The molecule has 19 heavy (non-hydrogen) atoms. The molecule has 1 saturated carbocycles. The Balaban J connectivity index is 2.07. The van der Waals surface area contributed by atoms with E-state index in [1.54, 1.807) is 5.56 Å². The van der Waals surface area contributed by atoms with Crippen LogP contribution in [0.25, 0.3) is 0 Å². The number of nitrogens with one attached hydrogen (secondary N) is 1. The highest BCUT2D eigenvalue weighted by Crippen LogP contribution is 2.37. The highest BCUT2D eigenvalue weighted by Gasteiger charge is 2.27.